The Labute approximate surface area is 225 Å². The van der Waals surface area contributed by atoms with Crippen LogP contribution in [0.3, 0.4) is 0 Å². The smallest absolute Gasteiger partial charge is 0.329 e. The fourth-order valence-electron chi connectivity index (χ4n) is 3.69. The molecule has 0 radical (unpaired) electrons. The predicted molar refractivity (Wildman–Crippen MR) is 146 cm³/mol. The number of aromatic nitrogens is 4. The van der Waals surface area contributed by atoms with Crippen molar-refractivity contribution in [2.75, 3.05) is 18.6 Å². The van der Waals surface area contributed by atoms with Gasteiger partial charge in [-0.2, -0.15) is 10.1 Å². The van der Waals surface area contributed by atoms with Gasteiger partial charge in [-0.3, -0.25) is 14.3 Å². The van der Waals surface area contributed by atoms with E-state index < -0.39 is 17.4 Å². The topological polar surface area (TPSA) is 156 Å². The minimum Gasteiger partial charge on any atom is -0.503 e. The van der Waals surface area contributed by atoms with Gasteiger partial charge in [0.25, 0.3) is 5.56 Å². The lowest BCUT2D eigenvalue weighted by atomic mass is 10.2. The van der Waals surface area contributed by atoms with Gasteiger partial charge >= 0.3 is 5.69 Å². The molecule has 0 spiro atoms. The Hall–Kier alpha value is -4.10. The van der Waals surface area contributed by atoms with E-state index in [-0.39, 0.29) is 41.8 Å². The summed E-state index contributed by atoms with van der Waals surface area (Å²) in [5.41, 5.74) is 3.40. The van der Waals surface area contributed by atoms with Crippen molar-refractivity contribution in [2.45, 2.75) is 26.5 Å². The van der Waals surface area contributed by atoms with Gasteiger partial charge in [-0.25, -0.2) is 10.2 Å². The highest BCUT2D eigenvalue weighted by molar-refractivity contribution is 9.10. The maximum Gasteiger partial charge on any atom is 0.329 e. The van der Waals surface area contributed by atoms with Crippen LogP contribution < -0.4 is 26.1 Å². The number of benzene rings is 2. The number of nitrogens with one attached hydrogen (secondary N) is 2. The molecule has 2 aromatic carbocycles. The fourth-order valence-corrected chi connectivity index (χ4v) is 4.15. The summed E-state index contributed by atoms with van der Waals surface area (Å²) < 4.78 is 14.2. The van der Waals surface area contributed by atoms with Gasteiger partial charge in [-0.05, 0) is 59.6 Å². The van der Waals surface area contributed by atoms with Gasteiger partial charge < -0.3 is 24.3 Å². The van der Waals surface area contributed by atoms with Gasteiger partial charge in [0, 0.05) is 7.05 Å². The molecule has 1 unspecified atom stereocenters. The molecule has 0 aliphatic rings. The third-order valence-electron chi connectivity index (χ3n) is 5.59. The predicted octanol–water partition coefficient (Wildman–Crippen LogP) is 2.48. The Balaban J connectivity index is 1.62. The summed E-state index contributed by atoms with van der Waals surface area (Å²) in [7, 11) is 1.48. The molecule has 0 amide bonds. The molecule has 2 aromatic heterocycles. The van der Waals surface area contributed by atoms with Gasteiger partial charge in [-0.1, -0.05) is 17.7 Å². The molecule has 4 aromatic rings. The van der Waals surface area contributed by atoms with Gasteiger partial charge in [-0.15, -0.1) is 0 Å². The number of aryl methyl sites for hydroxylation is 2. The van der Waals surface area contributed by atoms with Gasteiger partial charge in [0.05, 0.1) is 23.8 Å². The Morgan fingerprint density at radius 1 is 1.24 bits per heavy atom. The molecule has 12 nitrogen and oxygen atoms in total. The summed E-state index contributed by atoms with van der Waals surface area (Å²) in [5.74, 6) is 0.981. The van der Waals surface area contributed by atoms with Crippen molar-refractivity contribution in [2.24, 2.45) is 12.1 Å². The van der Waals surface area contributed by atoms with E-state index in [9.17, 15) is 19.8 Å². The summed E-state index contributed by atoms with van der Waals surface area (Å²) in [6.07, 6.45) is 0.452. The van der Waals surface area contributed by atoms with Gasteiger partial charge in [0.1, 0.15) is 18.5 Å². The van der Waals surface area contributed by atoms with E-state index in [1.807, 2.05) is 19.1 Å². The van der Waals surface area contributed by atoms with Crippen LogP contribution in [0.15, 0.2) is 55.6 Å². The zero-order chi connectivity index (χ0) is 27.4. The van der Waals surface area contributed by atoms with Crippen LogP contribution in [-0.2, 0) is 13.6 Å². The van der Waals surface area contributed by atoms with Gasteiger partial charge in [0.2, 0.25) is 5.95 Å². The Morgan fingerprint density at radius 2 is 1.97 bits per heavy atom. The Morgan fingerprint density at radius 3 is 2.68 bits per heavy atom. The molecule has 200 valence electrons. The Kier molecular flexibility index (Phi) is 8.17. The molecule has 1 atom stereocenters. The maximum atomic E-state index is 12.7. The van der Waals surface area contributed by atoms with E-state index in [0.29, 0.717) is 22.4 Å². The lowest BCUT2D eigenvalue weighted by molar-refractivity contribution is 0.0938. The van der Waals surface area contributed by atoms with Crippen molar-refractivity contribution >= 4 is 39.3 Å². The highest BCUT2D eigenvalue weighted by atomic mass is 79.9. The van der Waals surface area contributed by atoms with E-state index >= 15 is 0 Å². The summed E-state index contributed by atoms with van der Waals surface area (Å²) in [6.45, 7) is 4.02. The first kappa shape index (κ1) is 26.9. The summed E-state index contributed by atoms with van der Waals surface area (Å²) in [6, 6.07) is 10.7. The average molecular weight is 587 g/mol. The highest BCUT2D eigenvalue weighted by Gasteiger charge is 2.20. The number of aliphatic hydroxyl groups excluding tert-OH is 1. The molecular weight excluding hydrogens is 560 g/mol. The first-order valence-electron chi connectivity index (χ1n) is 11.7. The maximum absolute atomic E-state index is 12.7. The zero-order valence-electron chi connectivity index (χ0n) is 20.9. The first-order valence-corrected chi connectivity index (χ1v) is 12.5. The SMILES string of the molecule is CCOc1cc(/C=N/Nc2nc3c(c(=O)[nH]c(=O)n3C)n2CC(O)COc2ccc(C)cc2)cc(Br)c1O. The minimum atomic E-state index is -1.02. The number of phenols is 1. The standard InChI is InChI=1S/C25H27BrN6O6/c1-4-37-19-10-15(9-18(26)21(19)34)11-27-30-24-28-22-20(23(35)29-25(36)31(22)3)32(24)12-16(33)13-38-17-7-5-14(2)6-8-17/h5-11,16,33-34H,4,12-13H2,1-3H3,(H,28,30)(H,29,35,36)/b27-11+. The molecule has 0 bridgehead atoms. The molecule has 0 aliphatic carbocycles. The van der Waals surface area contributed by atoms with Crippen molar-refractivity contribution < 1.29 is 19.7 Å². The summed E-state index contributed by atoms with van der Waals surface area (Å²) in [5, 5.41) is 25.0. The minimum absolute atomic E-state index is 0.0271. The van der Waals surface area contributed by atoms with Crippen LogP contribution >= 0.6 is 15.9 Å². The zero-order valence-corrected chi connectivity index (χ0v) is 22.5. The number of hydrogen-bond donors (Lipinski definition) is 4. The third kappa shape index (κ3) is 5.89. The van der Waals surface area contributed by atoms with Crippen molar-refractivity contribution in [3.8, 4) is 17.2 Å². The van der Waals surface area contributed by atoms with Crippen LogP contribution in [0.5, 0.6) is 17.2 Å². The average Bonchev–Trinajstić information content (AvgIpc) is 3.24. The number of phenolic OH excluding ortho intramolecular Hbond substituents is 1. The van der Waals surface area contributed by atoms with Crippen molar-refractivity contribution in [3.63, 3.8) is 0 Å². The van der Waals surface area contributed by atoms with E-state index in [4.69, 9.17) is 9.47 Å². The third-order valence-corrected chi connectivity index (χ3v) is 6.20. The molecule has 0 saturated carbocycles. The first-order chi connectivity index (χ1) is 18.2. The number of H-pyrrole nitrogens is 1. The number of imidazole rings is 1. The number of fused-ring (bicyclic) bond motifs is 1. The lowest BCUT2D eigenvalue weighted by Crippen LogP contribution is -2.30. The van der Waals surface area contributed by atoms with Gasteiger partial charge in [0.15, 0.2) is 22.7 Å². The number of ether oxygens (including phenoxy) is 2. The summed E-state index contributed by atoms with van der Waals surface area (Å²) >= 11 is 3.28. The quantitative estimate of drug-likeness (QED) is 0.163. The van der Waals surface area contributed by atoms with Crippen molar-refractivity contribution in [1.82, 2.24) is 19.1 Å². The number of rotatable bonds is 10. The number of anilines is 1. The Bertz CT molecular complexity index is 1590. The molecule has 0 fully saturated rings. The molecule has 13 heteroatoms. The second-order valence-electron chi connectivity index (χ2n) is 8.47. The normalized spacial score (nSPS) is 12.2. The number of halogens is 1. The molecule has 4 N–H and O–H groups in total. The number of nitrogens with zero attached hydrogens (tertiary/aromatic N) is 4. The van der Waals surface area contributed by atoms with E-state index in [2.05, 4.69) is 36.4 Å². The highest BCUT2D eigenvalue weighted by Crippen LogP contribution is 2.35. The largest absolute Gasteiger partial charge is 0.503 e. The lowest BCUT2D eigenvalue weighted by Gasteiger charge is -2.15. The fraction of sp³-hybridized carbons (Fsp3) is 0.280. The number of hydrogen-bond acceptors (Lipinski definition) is 9. The van der Waals surface area contributed by atoms with E-state index in [1.54, 1.807) is 31.2 Å². The monoisotopic (exact) mass is 586 g/mol. The van der Waals surface area contributed by atoms with E-state index in [1.165, 1.54) is 22.4 Å². The van der Waals surface area contributed by atoms with Crippen LogP contribution in [0.1, 0.15) is 18.1 Å². The van der Waals surface area contributed by atoms with Crippen LogP contribution in [0.4, 0.5) is 5.95 Å². The van der Waals surface area contributed by atoms with Crippen molar-refractivity contribution in [3.05, 3.63) is 72.8 Å². The second kappa shape index (κ2) is 11.5. The number of aromatic hydroxyl groups is 1. The number of aliphatic hydroxyl groups is 1. The summed E-state index contributed by atoms with van der Waals surface area (Å²) in [4.78, 5) is 31.4. The van der Waals surface area contributed by atoms with E-state index in [0.717, 1.165) is 5.56 Å². The second-order valence-corrected chi connectivity index (χ2v) is 9.32. The molecule has 4 rings (SSSR count). The van der Waals surface area contributed by atoms with Crippen molar-refractivity contribution in [1.29, 1.82) is 0 Å². The van der Waals surface area contributed by atoms with Crippen LogP contribution in [0, 0.1) is 6.92 Å². The van der Waals surface area contributed by atoms with Crippen LogP contribution in [-0.4, -0.2) is 54.8 Å². The molecule has 2 heterocycles. The molecule has 0 aliphatic heterocycles. The number of aromatic amines is 1. The molecule has 0 saturated heterocycles. The molecule has 38 heavy (non-hydrogen) atoms. The van der Waals surface area contributed by atoms with Crippen LogP contribution in [0.2, 0.25) is 0 Å². The molecular formula is C25H27BrN6O6. The number of hydrazone groups is 1. The van der Waals surface area contributed by atoms with Crippen LogP contribution in [0.25, 0.3) is 11.2 Å².